The van der Waals surface area contributed by atoms with Crippen LogP contribution in [-0.2, 0) is 0 Å². The molecule has 2 aromatic heterocycles. The van der Waals surface area contributed by atoms with Crippen LogP contribution in [0.5, 0.6) is 0 Å². The maximum absolute atomic E-state index is 10.2. The lowest BCUT2D eigenvalue weighted by molar-refractivity contribution is 0.171. The third-order valence-electron chi connectivity index (χ3n) is 3.82. The van der Waals surface area contributed by atoms with E-state index < -0.39 is 6.10 Å². The van der Waals surface area contributed by atoms with E-state index in [2.05, 4.69) is 43.4 Å². The predicted octanol–water partition coefficient (Wildman–Crippen LogP) is 4.66. The van der Waals surface area contributed by atoms with E-state index in [1.165, 1.54) is 20.5 Å². The quantitative estimate of drug-likeness (QED) is 0.717. The zero-order valence-corrected chi connectivity index (χ0v) is 13.8. The summed E-state index contributed by atoms with van der Waals surface area (Å²) in [5.74, 6) is 0. The van der Waals surface area contributed by atoms with Crippen LogP contribution in [-0.4, -0.2) is 11.7 Å². The number of aliphatic hydroxyl groups is 1. The van der Waals surface area contributed by atoms with Crippen molar-refractivity contribution in [3.05, 3.63) is 57.1 Å². The first-order valence-corrected chi connectivity index (χ1v) is 8.84. The van der Waals surface area contributed by atoms with Gasteiger partial charge < -0.3 is 10.4 Å². The molecule has 0 aliphatic heterocycles. The van der Waals surface area contributed by atoms with Crippen molar-refractivity contribution >= 4 is 32.8 Å². The topological polar surface area (TPSA) is 32.3 Å². The number of rotatable bonds is 5. The highest BCUT2D eigenvalue weighted by Gasteiger charge is 2.16. The van der Waals surface area contributed by atoms with Crippen LogP contribution in [0.25, 0.3) is 10.1 Å². The standard InChI is InChI=1S/C17H19NOS2/c1-11-14-5-3-4-6-16(14)21-17(11)12(2)18-9-15(19)13-7-8-20-10-13/h3-8,10,12,15,18-19H,9H2,1-2H3. The van der Waals surface area contributed by atoms with Crippen LogP contribution < -0.4 is 5.32 Å². The minimum atomic E-state index is -0.437. The van der Waals surface area contributed by atoms with Gasteiger partial charge in [-0.2, -0.15) is 11.3 Å². The Bertz CT molecular complexity index is 718. The fourth-order valence-corrected chi connectivity index (χ4v) is 4.51. The highest BCUT2D eigenvalue weighted by molar-refractivity contribution is 7.19. The van der Waals surface area contributed by atoms with Crippen molar-refractivity contribution in [1.82, 2.24) is 5.32 Å². The van der Waals surface area contributed by atoms with Crippen LogP contribution >= 0.6 is 22.7 Å². The second-order valence-electron chi connectivity index (χ2n) is 5.29. The van der Waals surface area contributed by atoms with E-state index in [0.29, 0.717) is 6.54 Å². The second kappa shape index (κ2) is 6.28. The van der Waals surface area contributed by atoms with E-state index in [0.717, 1.165) is 5.56 Å². The molecule has 0 spiro atoms. The summed E-state index contributed by atoms with van der Waals surface area (Å²) in [6.07, 6.45) is -0.437. The van der Waals surface area contributed by atoms with E-state index in [4.69, 9.17) is 0 Å². The molecule has 3 rings (SSSR count). The fraction of sp³-hybridized carbons (Fsp3) is 0.294. The van der Waals surface area contributed by atoms with E-state index >= 15 is 0 Å². The SMILES string of the molecule is Cc1c(C(C)NCC(O)c2ccsc2)sc2ccccc12. The molecule has 2 heterocycles. The van der Waals surface area contributed by atoms with Crippen LogP contribution in [0.15, 0.2) is 41.1 Å². The predicted molar refractivity (Wildman–Crippen MR) is 92.3 cm³/mol. The zero-order chi connectivity index (χ0) is 14.8. The number of hydrogen-bond acceptors (Lipinski definition) is 4. The third kappa shape index (κ3) is 3.04. The Morgan fingerprint density at radius 1 is 1.24 bits per heavy atom. The summed E-state index contributed by atoms with van der Waals surface area (Å²) in [7, 11) is 0. The number of aryl methyl sites for hydroxylation is 1. The van der Waals surface area contributed by atoms with E-state index in [1.807, 2.05) is 28.2 Å². The van der Waals surface area contributed by atoms with Crippen LogP contribution in [0.3, 0.4) is 0 Å². The van der Waals surface area contributed by atoms with Crippen LogP contribution in [0, 0.1) is 6.92 Å². The van der Waals surface area contributed by atoms with Gasteiger partial charge in [-0.15, -0.1) is 11.3 Å². The zero-order valence-electron chi connectivity index (χ0n) is 12.2. The number of aliphatic hydroxyl groups excluding tert-OH is 1. The lowest BCUT2D eigenvalue weighted by atomic mass is 10.1. The second-order valence-corrected chi connectivity index (χ2v) is 7.15. The summed E-state index contributed by atoms with van der Waals surface area (Å²) in [5.41, 5.74) is 2.34. The molecule has 2 unspecified atom stereocenters. The molecule has 0 saturated carbocycles. The Hall–Kier alpha value is -1.20. The molecule has 0 aliphatic carbocycles. The molecular weight excluding hydrogens is 298 g/mol. The summed E-state index contributed by atoms with van der Waals surface area (Å²) < 4.78 is 1.33. The average Bonchev–Trinajstić information content (AvgIpc) is 3.13. The summed E-state index contributed by atoms with van der Waals surface area (Å²) in [5, 5.41) is 19.0. The van der Waals surface area contributed by atoms with E-state index in [-0.39, 0.29) is 6.04 Å². The molecule has 21 heavy (non-hydrogen) atoms. The molecule has 0 amide bonds. The van der Waals surface area contributed by atoms with Gasteiger partial charge in [-0.25, -0.2) is 0 Å². The lowest BCUT2D eigenvalue weighted by Gasteiger charge is -2.16. The van der Waals surface area contributed by atoms with Gasteiger partial charge in [0.2, 0.25) is 0 Å². The van der Waals surface area contributed by atoms with Crippen molar-refractivity contribution in [3.8, 4) is 0 Å². The van der Waals surface area contributed by atoms with Crippen molar-refractivity contribution in [2.75, 3.05) is 6.54 Å². The van der Waals surface area contributed by atoms with Gasteiger partial charge in [0.25, 0.3) is 0 Å². The van der Waals surface area contributed by atoms with E-state index in [9.17, 15) is 5.11 Å². The molecule has 0 radical (unpaired) electrons. The molecule has 0 fully saturated rings. The molecule has 1 aromatic carbocycles. The molecule has 2 atom stereocenters. The first-order valence-electron chi connectivity index (χ1n) is 7.08. The van der Waals surface area contributed by atoms with Crippen molar-refractivity contribution in [2.24, 2.45) is 0 Å². The van der Waals surface area contributed by atoms with E-state index in [1.54, 1.807) is 11.3 Å². The largest absolute Gasteiger partial charge is 0.387 e. The van der Waals surface area contributed by atoms with Gasteiger partial charge >= 0.3 is 0 Å². The van der Waals surface area contributed by atoms with Crippen molar-refractivity contribution in [2.45, 2.75) is 26.0 Å². The van der Waals surface area contributed by atoms with Gasteiger partial charge in [0.15, 0.2) is 0 Å². The molecule has 2 N–H and O–H groups in total. The van der Waals surface area contributed by atoms with Gasteiger partial charge in [-0.1, -0.05) is 18.2 Å². The molecule has 3 aromatic rings. The Morgan fingerprint density at radius 2 is 2.05 bits per heavy atom. The third-order valence-corrected chi connectivity index (χ3v) is 5.98. The summed E-state index contributed by atoms with van der Waals surface area (Å²) in [6, 6.07) is 10.7. The summed E-state index contributed by atoms with van der Waals surface area (Å²) in [4.78, 5) is 1.36. The Morgan fingerprint density at radius 3 is 2.76 bits per heavy atom. The Labute approximate surface area is 133 Å². The van der Waals surface area contributed by atoms with Gasteiger partial charge in [-0.3, -0.25) is 0 Å². The number of nitrogens with one attached hydrogen (secondary N) is 1. The number of benzene rings is 1. The minimum Gasteiger partial charge on any atom is -0.387 e. The average molecular weight is 317 g/mol. The first kappa shape index (κ1) is 14.7. The molecule has 0 bridgehead atoms. The molecule has 110 valence electrons. The molecule has 0 aliphatic rings. The Kier molecular flexibility index (Phi) is 4.40. The highest BCUT2D eigenvalue weighted by atomic mass is 32.1. The first-order chi connectivity index (χ1) is 10.2. The molecule has 0 saturated heterocycles. The molecule has 4 heteroatoms. The van der Waals surface area contributed by atoms with Gasteiger partial charge in [0, 0.05) is 22.2 Å². The van der Waals surface area contributed by atoms with Gasteiger partial charge in [0.1, 0.15) is 0 Å². The normalized spacial score (nSPS) is 14.4. The van der Waals surface area contributed by atoms with Crippen molar-refractivity contribution < 1.29 is 5.11 Å². The van der Waals surface area contributed by atoms with Crippen molar-refractivity contribution in [1.29, 1.82) is 0 Å². The molecular formula is C17H19NOS2. The number of hydrogen-bond donors (Lipinski definition) is 2. The smallest absolute Gasteiger partial charge is 0.0922 e. The fourth-order valence-electron chi connectivity index (χ4n) is 2.57. The highest BCUT2D eigenvalue weighted by Crippen LogP contribution is 2.34. The van der Waals surface area contributed by atoms with Crippen LogP contribution in [0.2, 0.25) is 0 Å². The maximum atomic E-state index is 10.2. The number of fused-ring (bicyclic) bond motifs is 1. The lowest BCUT2D eigenvalue weighted by Crippen LogP contribution is -2.24. The number of thiophene rings is 2. The monoisotopic (exact) mass is 317 g/mol. The molecule has 2 nitrogen and oxygen atoms in total. The maximum Gasteiger partial charge on any atom is 0.0922 e. The van der Waals surface area contributed by atoms with Crippen LogP contribution in [0.1, 0.15) is 35.1 Å². The summed E-state index contributed by atoms with van der Waals surface area (Å²) >= 11 is 3.46. The van der Waals surface area contributed by atoms with Gasteiger partial charge in [-0.05, 0) is 53.3 Å². The summed E-state index contributed by atoms with van der Waals surface area (Å²) in [6.45, 7) is 4.92. The van der Waals surface area contributed by atoms with Gasteiger partial charge in [0.05, 0.1) is 6.10 Å². The van der Waals surface area contributed by atoms with Crippen LogP contribution in [0.4, 0.5) is 0 Å². The minimum absolute atomic E-state index is 0.246. The Balaban J connectivity index is 1.72. The van der Waals surface area contributed by atoms with Crippen molar-refractivity contribution in [3.63, 3.8) is 0 Å².